The SMILES string of the molecule is CCc1nc(C)c(C(=O)N2CCc3c(nc(N)[nH]c3=O)C2)o1. The first-order chi connectivity index (χ1) is 10.5. The molecule has 1 aliphatic rings. The molecule has 1 amide bonds. The zero-order valence-corrected chi connectivity index (χ0v) is 12.5. The number of hydrogen-bond donors (Lipinski definition) is 2. The Hall–Kier alpha value is -2.64. The van der Waals surface area contributed by atoms with Gasteiger partial charge in [0.25, 0.3) is 11.5 Å². The van der Waals surface area contributed by atoms with Crippen LogP contribution in [-0.2, 0) is 19.4 Å². The number of oxazole rings is 1. The van der Waals surface area contributed by atoms with Crippen molar-refractivity contribution in [1.29, 1.82) is 0 Å². The van der Waals surface area contributed by atoms with Crippen LogP contribution in [0.3, 0.4) is 0 Å². The van der Waals surface area contributed by atoms with Gasteiger partial charge in [0.1, 0.15) is 0 Å². The number of nitrogens with one attached hydrogen (secondary N) is 1. The Morgan fingerprint density at radius 2 is 2.23 bits per heavy atom. The van der Waals surface area contributed by atoms with E-state index in [9.17, 15) is 9.59 Å². The van der Waals surface area contributed by atoms with E-state index >= 15 is 0 Å². The van der Waals surface area contributed by atoms with Crippen LogP contribution in [0.15, 0.2) is 9.21 Å². The van der Waals surface area contributed by atoms with E-state index in [0.717, 1.165) is 0 Å². The number of hydrogen-bond acceptors (Lipinski definition) is 6. The fraction of sp³-hybridized carbons (Fsp3) is 0.429. The minimum absolute atomic E-state index is 0.0576. The standard InChI is InChI=1S/C14H17N5O3/c1-3-10-16-7(2)11(22-10)13(21)19-5-4-8-9(6-19)17-14(15)18-12(8)20/h3-6H2,1-2H3,(H3,15,17,18,20). The van der Waals surface area contributed by atoms with E-state index in [1.54, 1.807) is 11.8 Å². The molecule has 3 rings (SSSR count). The van der Waals surface area contributed by atoms with Crippen LogP contribution in [-0.4, -0.2) is 32.3 Å². The lowest BCUT2D eigenvalue weighted by Crippen LogP contribution is -2.39. The molecule has 8 nitrogen and oxygen atoms in total. The fourth-order valence-corrected chi connectivity index (χ4v) is 2.58. The van der Waals surface area contributed by atoms with Gasteiger partial charge in [-0.3, -0.25) is 14.6 Å². The summed E-state index contributed by atoms with van der Waals surface area (Å²) in [6, 6.07) is 0. The Morgan fingerprint density at radius 1 is 1.45 bits per heavy atom. The molecule has 8 heteroatoms. The molecule has 0 aliphatic carbocycles. The average molecular weight is 303 g/mol. The zero-order valence-electron chi connectivity index (χ0n) is 12.5. The number of nitrogens with zero attached hydrogens (tertiary/aromatic N) is 3. The van der Waals surface area contributed by atoms with Gasteiger partial charge in [0.05, 0.1) is 17.9 Å². The number of nitrogen functional groups attached to an aromatic ring is 1. The number of amides is 1. The molecular formula is C14H17N5O3. The first kappa shape index (κ1) is 14.3. The van der Waals surface area contributed by atoms with Crippen LogP contribution in [0.2, 0.25) is 0 Å². The molecule has 2 aromatic heterocycles. The Labute approximate surface area is 126 Å². The van der Waals surface area contributed by atoms with Crippen molar-refractivity contribution >= 4 is 11.9 Å². The lowest BCUT2D eigenvalue weighted by atomic mass is 10.1. The molecule has 0 fully saturated rings. The van der Waals surface area contributed by atoms with Crippen LogP contribution in [0.4, 0.5) is 5.95 Å². The highest BCUT2D eigenvalue weighted by Crippen LogP contribution is 2.19. The lowest BCUT2D eigenvalue weighted by molar-refractivity contribution is 0.0696. The van der Waals surface area contributed by atoms with Crippen molar-refractivity contribution in [2.45, 2.75) is 33.2 Å². The van der Waals surface area contributed by atoms with Crippen molar-refractivity contribution in [2.75, 3.05) is 12.3 Å². The van der Waals surface area contributed by atoms with Gasteiger partial charge >= 0.3 is 0 Å². The average Bonchev–Trinajstić information content (AvgIpc) is 2.86. The van der Waals surface area contributed by atoms with Crippen molar-refractivity contribution in [1.82, 2.24) is 19.9 Å². The van der Waals surface area contributed by atoms with Crippen LogP contribution >= 0.6 is 0 Å². The number of fused-ring (bicyclic) bond motifs is 1. The van der Waals surface area contributed by atoms with Gasteiger partial charge in [0.2, 0.25) is 11.7 Å². The first-order valence-electron chi connectivity index (χ1n) is 7.12. The molecule has 0 spiro atoms. The van der Waals surface area contributed by atoms with E-state index in [0.29, 0.717) is 42.2 Å². The normalized spacial score (nSPS) is 14.0. The minimum atomic E-state index is -0.240. The lowest BCUT2D eigenvalue weighted by Gasteiger charge is -2.26. The summed E-state index contributed by atoms with van der Waals surface area (Å²) in [7, 11) is 0. The molecule has 0 saturated carbocycles. The number of aromatic nitrogens is 3. The highest BCUT2D eigenvalue weighted by molar-refractivity contribution is 5.92. The number of nitrogens with two attached hydrogens (primary N) is 1. The van der Waals surface area contributed by atoms with Crippen LogP contribution in [0.5, 0.6) is 0 Å². The molecule has 22 heavy (non-hydrogen) atoms. The predicted molar refractivity (Wildman–Crippen MR) is 78.3 cm³/mol. The van der Waals surface area contributed by atoms with Crippen molar-refractivity contribution in [3.63, 3.8) is 0 Å². The smallest absolute Gasteiger partial charge is 0.291 e. The quantitative estimate of drug-likeness (QED) is 0.829. The van der Waals surface area contributed by atoms with Gasteiger partial charge < -0.3 is 15.1 Å². The molecule has 0 unspecified atom stereocenters. The topological polar surface area (TPSA) is 118 Å². The Morgan fingerprint density at radius 3 is 2.91 bits per heavy atom. The predicted octanol–water partition coefficient (Wildman–Crippen LogP) is 0.409. The minimum Gasteiger partial charge on any atom is -0.435 e. The molecule has 116 valence electrons. The number of carbonyl (C=O) groups excluding carboxylic acids is 1. The zero-order chi connectivity index (χ0) is 15.9. The van der Waals surface area contributed by atoms with Crippen LogP contribution in [0.1, 0.15) is 40.3 Å². The molecule has 3 N–H and O–H groups in total. The van der Waals surface area contributed by atoms with E-state index in [1.807, 2.05) is 6.92 Å². The summed E-state index contributed by atoms with van der Waals surface area (Å²) in [6.07, 6.45) is 1.07. The van der Waals surface area contributed by atoms with Gasteiger partial charge in [-0.2, -0.15) is 0 Å². The molecule has 0 atom stereocenters. The third kappa shape index (κ3) is 2.36. The number of anilines is 1. The first-order valence-corrected chi connectivity index (χ1v) is 7.12. The molecule has 0 bridgehead atoms. The monoisotopic (exact) mass is 303 g/mol. The summed E-state index contributed by atoms with van der Waals surface area (Å²) < 4.78 is 5.50. The summed E-state index contributed by atoms with van der Waals surface area (Å²) in [4.78, 5) is 36.8. The third-order valence-corrected chi connectivity index (χ3v) is 3.72. The van der Waals surface area contributed by atoms with E-state index in [-0.39, 0.29) is 29.7 Å². The second-order valence-corrected chi connectivity index (χ2v) is 5.23. The molecule has 3 heterocycles. The number of aromatic amines is 1. The Bertz CT molecular complexity index is 792. The number of H-pyrrole nitrogens is 1. The highest BCUT2D eigenvalue weighted by atomic mass is 16.4. The second-order valence-electron chi connectivity index (χ2n) is 5.23. The maximum Gasteiger partial charge on any atom is 0.291 e. The fourth-order valence-electron chi connectivity index (χ4n) is 2.58. The summed E-state index contributed by atoms with van der Waals surface area (Å²) in [5.41, 5.74) is 7.02. The van der Waals surface area contributed by atoms with Crippen molar-refractivity contribution < 1.29 is 9.21 Å². The van der Waals surface area contributed by atoms with Crippen molar-refractivity contribution in [3.05, 3.63) is 39.0 Å². The van der Waals surface area contributed by atoms with Gasteiger partial charge in [-0.05, 0) is 13.3 Å². The Kier molecular flexibility index (Phi) is 3.44. The molecule has 0 radical (unpaired) electrons. The van der Waals surface area contributed by atoms with Gasteiger partial charge in [-0.1, -0.05) is 6.92 Å². The summed E-state index contributed by atoms with van der Waals surface area (Å²) >= 11 is 0. The summed E-state index contributed by atoms with van der Waals surface area (Å²) in [5, 5.41) is 0. The van der Waals surface area contributed by atoms with Crippen LogP contribution < -0.4 is 11.3 Å². The number of carbonyl (C=O) groups is 1. The second kappa shape index (κ2) is 5.28. The maximum absolute atomic E-state index is 12.6. The van der Waals surface area contributed by atoms with E-state index in [4.69, 9.17) is 10.2 Å². The molecule has 1 aliphatic heterocycles. The van der Waals surface area contributed by atoms with Crippen molar-refractivity contribution in [3.8, 4) is 0 Å². The van der Waals surface area contributed by atoms with Gasteiger partial charge in [0, 0.05) is 18.5 Å². The number of rotatable bonds is 2. The number of aryl methyl sites for hydroxylation is 2. The summed E-state index contributed by atoms with van der Waals surface area (Å²) in [5.74, 6) is 0.605. The van der Waals surface area contributed by atoms with Crippen molar-refractivity contribution in [2.24, 2.45) is 0 Å². The van der Waals surface area contributed by atoms with Crippen LogP contribution in [0, 0.1) is 6.92 Å². The molecular weight excluding hydrogens is 286 g/mol. The van der Waals surface area contributed by atoms with E-state index in [1.165, 1.54) is 0 Å². The summed E-state index contributed by atoms with van der Waals surface area (Å²) in [6.45, 7) is 4.33. The van der Waals surface area contributed by atoms with Crippen LogP contribution in [0.25, 0.3) is 0 Å². The Balaban J connectivity index is 1.89. The molecule has 0 saturated heterocycles. The van der Waals surface area contributed by atoms with Gasteiger partial charge in [-0.25, -0.2) is 9.97 Å². The third-order valence-electron chi connectivity index (χ3n) is 3.72. The van der Waals surface area contributed by atoms with E-state index < -0.39 is 0 Å². The maximum atomic E-state index is 12.6. The molecule has 2 aromatic rings. The highest BCUT2D eigenvalue weighted by Gasteiger charge is 2.28. The van der Waals surface area contributed by atoms with Gasteiger partial charge in [0.15, 0.2) is 5.89 Å². The van der Waals surface area contributed by atoms with Gasteiger partial charge in [-0.15, -0.1) is 0 Å². The largest absolute Gasteiger partial charge is 0.435 e. The van der Waals surface area contributed by atoms with E-state index in [2.05, 4.69) is 15.0 Å². The molecule has 0 aromatic carbocycles.